The van der Waals surface area contributed by atoms with E-state index in [1.54, 1.807) is 13.2 Å². The fourth-order valence-corrected chi connectivity index (χ4v) is 4.51. The smallest absolute Gasteiger partial charge is 0.237 e. The summed E-state index contributed by atoms with van der Waals surface area (Å²) in [5, 5.41) is 12.0. The van der Waals surface area contributed by atoms with E-state index in [2.05, 4.69) is 27.0 Å². The Hall–Kier alpha value is -3.30. The Balaban J connectivity index is 1.42. The monoisotopic (exact) mass is 479 g/mol. The Morgan fingerprint density at radius 1 is 1.18 bits per heavy atom. The van der Waals surface area contributed by atoms with Crippen molar-refractivity contribution in [2.45, 2.75) is 23.9 Å². The molecule has 3 aromatic rings. The second-order valence-electron chi connectivity index (χ2n) is 7.83. The summed E-state index contributed by atoms with van der Waals surface area (Å²) in [5.41, 5.74) is 2.81. The van der Waals surface area contributed by atoms with Gasteiger partial charge in [0.25, 0.3) is 0 Å². The van der Waals surface area contributed by atoms with E-state index in [1.807, 2.05) is 60.0 Å². The van der Waals surface area contributed by atoms with Gasteiger partial charge in [0.2, 0.25) is 5.91 Å². The van der Waals surface area contributed by atoms with Crippen LogP contribution in [0, 0.1) is 0 Å². The number of ether oxygens (including phenoxy) is 2. The summed E-state index contributed by atoms with van der Waals surface area (Å²) in [6.45, 7) is 9.49. The van der Waals surface area contributed by atoms with Crippen LogP contribution in [0.2, 0.25) is 0 Å². The highest BCUT2D eigenvalue weighted by Crippen LogP contribution is 2.29. The SMILES string of the molecule is C=CCn1c(S[C@@H](C)C(=O)Nc2ccc(N3CCOCC3)cc2)nnc1-c1ccc(OC)cc1. The first-order valence-electron chi connectivity index (χ1n) is 11.2. The number of rotatable bonds is 9. The van der Waals surface area contributed by atoms with Crippen LogP contribution in [0.5, 0.6) is 5.75 Å². The van der Waals surface area contributed by atoms with E-state index in [0.717, 1.165) is 54.8 Å². The second kappa shape index (κ2) is 11.2. The van der Waals surface area contributed by atoms with Crippen LogP contribution in [0.15, 0.2) is 66.3 Å². The average molecular weight is 480 g/mol. The van der Waals surface area contributed by atoms with Crippen LogP contribution in [0.25, 0.3) is 11.4 Å². The first kappa shape index (κ1) is 23.8. The number of thioether (sulfide) groups is 1. The molecular weight excluding hydrogens is 450 g/mol. The number of amides is 1. The van der Waals surface area contributed by atoms with Gasteiger partial charge in [-0.2, -0.15) is 0 Å². The van der Waals surface area contributed by atoms with E-state index >= 15 is 0 Å². The highest BCUT2D eigenvalue weighted by atomic mass is 32.2. The molecule has 8 nitrogen and oxygen atoms in total. The van der Waals surface area contributed by atoms with Crippen molar-refractivity contribution in [2.75, 3.05) is 43.6 Å². The van der Waals surface area contributed by atoms with Crippen LogP contribution in [-0.2, 0) is 16.1 Å². The van der Waals surface area contributed by atoms with E-state index in [1.165, 1.54) is 11.8 Å². The molecule has 1 N–H and O–H groups in total. The van der Waals surface area contributed by atoms with Crippen LogP contribution in [-0.4, -0.2) is 59.3 Å². The van der Waals surface area contributed by atoms with E-state index in [9.17, 15) is 4.79 Å². The minimum atomic E-state index is -0.365. The van der Waals surface area contributed by atoms with Crippen molar-refractivity contribution in [3.8, 4) is 17.1 Å². The van der Waals surface area contributed by atoms with Crippen LogP contribution in [0.1, 0.15) is 6.92 Å². The van der Waals surface area contributed by atoms with E-state index in [0.29, 0.717) is 11.7 Å². The van der Waals surface area contributed by atoms with Gasteiger partial charge in [-0.1, -0.05) is 17.8 Å². The number of aromatic nitrogens is 3. The van der Waals surface area contributed by atoms with Gasteiger partial charge in [-0.15, -0.1) is 16.8 Å². The molecule has 0 aliphatic carbocycles. The molecule has 1 aliphatic heterocycles. The molecule has 0 radical (unpaired) electrons. The minimum Gasteiger partial charge on any atom is -0.497 e. The van der Waals surface area contributed by atoms with Gasteiger partial charge in [0.15, 0.2) is 11.0 Å². The topological polar surface area (TPSA) is 81.5 Å². The highest BCUT2D eigenvalue weighted by molar-refractivity contribution is 8.00. The second-order valence-corrected chi connectivity index (χ2v) is 9.14. The number of carbonyl (C=O) groups excluding carboxylic acids is 1. The summed E-state index contributed by atoms with van der Waals surface area (Å²) in [6, 6.07) is 15.6. The van der Waals surface area contributed by atoms with Gasteiger partial charge in [0, 0.05) is 36.6 Å². The molecule has 0 saturated carbocycles. The fraction of sp³-hybridized carbons (Fsp3) is 0.320. The molecule has 1 atom stereocenters. The Labute approximate surface area is 204 Å². The molecule has 34 heavy (non-hydrogen) atoms. The predicted molar refractivity (Wildman–Crippen MR) is 136 cm³/mol. The maximum absolute atomic E-state index is 12.9. The molecule has 2 aromatic carbocycles. The van der Waals surface area contributed by atoms with Crippen LogP contribution < -0.4 is 15.0 Å². The number of nitrogens with zero attached hydrogens (tertiary/aromatic N) is 4. The van der Waals surface area contributed by atoms with Gasteiger partial charge in [-0.3, -0.25) is 9.36 Å². The van der Waals surface area contributed by atoms with Crippen molar-refractivity contribution < 1.29 is 14.3 Å². The lowest BCUT2D eigenvalue weighted by Gasteiger charge is -2.28. The van der Waals surface area contributed by atoms with Gasteiger partial charge in [0.1, 0.15) is 5.75 Å². The number of methoxy groups -OCH3 is 1. The standard InChI is InChI=1S/C25H29N5O3S/c1-4-13-30-23(19-5-11-22(32-3)12-6-19)27-28-25(30)34-18(2)24(31)26-20-7-9-21(10-8-20)29-14-16-33-17-15-29/h4-12,18H,1,13-17H2,2-3H3,(H,26,31)/t18-/m0/s1. The van der Waals surface area contributed by atoms with Crippen molar-refractivity contribution in [1.82, 2.24) is 14.8 Å². The molecule has 2 heterocycles. The number of hydrogen-bond acceptors (Lipinski definition) is 7. The van der Waals surface area contributed by atoms with Crippen LogP contribution in [0.4, 0.5) is 11.4 Å². The van der Waals surface area contributed by atoms with Crippen molar-refractivity contribution >= 4 is 29.0 Å². The van der Waals surface area contributed by atoms with Crippen LogP contribution in [0.3, 0.4) is 0 Å². The molecule has 9 heteroatoms. The third kappa shape index (κ3) is 5.60. The van der Waals surface area contributed by atoms with Gasteiger partial charge in [-0.25, -0.2) is 0 Å². The zero-order valence-electron chi connectivity index (χ0n) is 19.4. The molecule has 178 valence electrons. The summed E-state index contributed by atoms with van der Waals surface area (Å²) in [7, 11) is 1.63. The Morgan fingerprint density at radius 2 is 1.88 bits per heavy atom. The molecule has 1 aromatic heterocycles. The lowest BCUT2D eigenvalue weighted by atomic mass is 10.2. The number of anilines is 2. The zero-order chi connectivity index (χ0) is 23.9. The molecule has 1 fully saturated rings. The maximum atomic E-state index is 12.9. The summed E-state index contributed by atoms with van der Waals surface area (Å²) in [5.74, 6) is 1.40. The molecule has 4 rings (SSSR count). The van der Waals surface area contributed by atoms with Crippen LogP contribution >= 0.6 is 11.8 Å². The van der Waals surface area contributed by atoms with E-state index < -0.39 is 0 Å². The third-order valence-corrected chi connectivity index (χ3v) is 6.62. The fourth-order valence-electron chi connectivity index (χ4n) is 3.66. The molecule has 1 amide bonds. The predicted octanol–water partition coefficient (Wildman–Crippen LogP) is 4.10. The summed E-state index contributed by atoms with van der Waals surface area (Å²) in [4.78, 5) is 15.1. The molecule has 0 unspecified atom stereocenters. The zero-order valence-corrected chi connectivity index (χ0v) is 20.3. The Morgan fingerprint density at radius 3 is 2.53 bits per heavy atom. The summed E-state index contributed by atoms with van der Waals surface area (Å²) >= 11 is 1.37. The van der Waals surface area contributed by atoms with Gasteiger partial charge in [-0.05, 0) is 55.5 Å². The normalized spacial score (nSPS) is 14.5. The molecule has 0 bridgehead atoms. The maximum Gasteiger partial charge on any atom is 0.237 e. The first-order valence-corrected chi connectivity index (χ1v) is 12.1. The van der Waals surface area contributed by atoms with Gasteiger partial charge >= 0.3 is 0 Å². The third-order valence-electron chi connectivity index (χ3n) is 5.54. The van der Waals surface area contributed by atoms with Crippen molar-refractivity contribution in [3.05, 3.63) is 61.2 Å². The Kier molecular flexibility index (Phi) is 7.87. The number of hydrogen-bond donors (Lipinski definition) is 1. The number of carbonyl (C=O) groups is 1. The Bertz CT molecular complexity index is 1110. The highest BCUT2D eigenvalue weighted by Gasteiger charge is 2.21. The van der Waals surface area contributed by atoms with Crippen molar-refractivity contribution in [1.29, 1.82) is 0 Å². The summed E-state index contributed by atoms with van der Waals surface area (Å²) in [6.07, 6.45) is 1.79. The quantitative estimate of drug-likeness (QED) is 0.366. The largest absolute Gasteiger partial charge is 0.497 e. The molecular formula is C25H29N5O3S. The van der Waals surface area contributed by atoms with Gasteiger partial charge in [0.05, 0.1) is 25.6 Å². The number of allylic oxidation sites excluding steroid dienone is 1. The average Bonchev–Trinajstić information content (AvgIpc) is 3.27. The number of benzene rings is 2. The molecule has 1 aliphatic rings. The number of nitrogens with one attached hydrogen (secondary N) is 1. The summed E-state index contributed by atoms with van der Waals surface area (Å²) < 4.78 is 12.6. The lowest BCUT2D eigenvalue weighted by Crippen LogP contribution is -2.36. The minimum absolute atomic E-state index is 0.0942. The number of morpholine rings is 1. The van der Waals surface area contributed by atoms with E-state index in [4.69, 9.17) is 9.47 Å². The van der Waals surface area contributed by atoms with Crippen molar-refractivity contribution in [3.63, 3.8) is 0 Å². The van der Waals surface area contributed by atoms with Crippen molar-refractivity contribution in [2.24, 2.45) is 0 Å². The van der Waals surface area contributed by atoms with Gasteiger partial charge < -0.3 is 19.7 Å². The lowest BCUT2D eigenvalue weighted by molar-refractivity contribution is -0.115. The molecule has 1 saturated heterocycles. The molecule has 0 spiro atoms. The first-order chi connectivity index (χ1) is 16.6. The van der Waals surface area contributed by atoms with E-state index in [-0.39, 0.29) is 11.2 Å².